The fraction of sp³-hybridized carbons (Fsp3) is 0.259. The Morgan fingerprint density at radius 3 is 2.47 bits per heavy atom. The van der Waals surface area contributed by atoms with Crippen LogP contribution >= 0.6 is 0 Å². The van der Waals surface area contributed by atoms with E-state index in [4.69, 9.17) is 0 Å². The van der Waals surface area contributed by atoms with Gasteiger partial charge in [-0.3, -0.25) is 14.4 Å². The van der Waals surface area contributed by atoms with E-state index in [1.165, 1.54) is 9.36 Å². The molecule has 1 atom stereocenters. The number of para-hydroxylation sites is 1. The van der Waals surface area contributed by atoms with Gasteiger partial charge in [0.05, 0.1) is 22.0 Å². The zero-order valence-electron chi connectivity index (χ0n) is 20.0. The summed E-state index contributed by atoms with van der Waals surface area (Å²) in [5, 5.41) is 14.0. The normalized spacial score (nSPS) is 18.9. The number of tetrazole rings is 1. The molecule has 9 heteroatoms. The fourth-order valence-electron chi connectivity index (χ4n) is 6.02. The van der Waals surface area contributed by atoms with Crippen molar-refractivity contribution in [2.75, 3.05) is 0 Å². The van der Waals surface area contributed by atoms with E-state index in [9.17, 15) is 14.4 Å². The molecule has 2 aliphatic rings. The SMILES string of the molecule is Cc1cccc2cc(C3C4=C(CC(C)(C)CC4=O)n4c(=O)c5ccccc5c(=O)n43)c3nnnn3c12. The van der Waals surface area contributed by atoms with Crippen LogP contribution in [0.5, 0.6) is 0 Å². The number of Topliss-reactive ketones (excluding diaryl/α,β-unsaturated/α-hetero) is 1. The van der Waals surface area contributed by atoms with Crippen LogP contribution in [-0.2, 0) is 4.79 Å². The van der Waals surface area contributed by atoms with E-state index in [-0.39, 0.29) is 22.3 Å². The predicted octanol–water partition coefficient (Wildman–Crippen LogP) is 3.27. The van der Waals surface area contributed by atoms with Crippen LogP contribution in [0.3, 0.4) is 0 Å². The van der Waals surface area contributed by atoms with Gasteiger partial charge in [-0.25, -0.2) is 9.36 Å². The molecule has 2 aromatic carbocycles. The van der Waals surface area contributed by atoms with E-state index in [1.54, 1.807) is 28.8 Å². The van der Waals surface area contributed by atoms with E-state index in [0.29, 0.717) is 46.1 Å². The summed E-state index contributed by atoms with van der Waals surface area (Å²) < 4.78 is 4.54. The van der Waals surface area contributed by atoms with Gasteiger partial charge in [0.2, 0.25) is 0 Å². The second kappa shape index (κ2) is 6.84. The molecule has 9 nitrogen and oxygen atoms in total. The summed E-state index contributed by atoms with van der Waals surface area (Å²) in [6.07, 6.45) is 0.823. The van der Waals surface area contributed by atoms with Crippen LogP contribution in [-0.4, -0.2) is 35.2 Å². The highest BCUT2D eigenvalue weighted by Gasteiger charge is 2.45. The molecule has 36 heavy (non-hydrogen) atoms. The van der Waals surface area contributed by atoms with E-state index in [2.05, 4.69) is 15.5 Å². The van der Waals surface area contributed by atoms with Gasteiger partial charge in [0, 0.05) is 22.9 Å². The maximum atomic E-state index is 14.0. The smallest absolute Gasteiger partial charge is 0.277 e. The molecule has 7 rings (SSSR count). The number of fused-ring (bicyclic) bond motifs is 6. The van der Waals surface area contributed by atoms with E-state index < -0.39 is 6.04 Å². The third-order valence-electron chi connectivity index (χ3n) is 7.49. The van der Waals surface area contributed by atoms with Crippen molar-refractivity contribution in [2.24, 2.45) is 5.41 Å². The summed E-state index contributed by atoms with van der Waals surface area (Å²) in [5.41, 5.74) is 3.00. The standard InChI is InChI=1S/C27H22N6O3/c1-14-7-6-8-15-11-18(24-28-29-30-31(24)22(14)15)23-21-19(12-27(2,3)13-20(21)34)32-25(35)16-9-4-5-10-17(16)26(36)33(23)32/h4-11,23H,12-13H2,1-3H3. The van der Waals surface area contributed by atoms with Crippen molar-refractivity contribution in [2.45, 2.75) is 39.7 Å². The number of ketones is 1. The minimum atomic E-state index is -0.813. The molecule has 5 aromatic rings. The van der Waals surface area contributed by atoms with E-state index in [0.717, 1.165) is 16.5 Å². The lowest BCUT2D eigenvalue weighted by Gasteiger charge is -2.30. The highest BCUT2D eigenvalue weighted by Crippen LogP contribution is 2.47. The molecule has 178 valence electrons. The third-order valence-corrected chi connectivity index (χ3v) is 7.49. The summed E-state index contributed by atoms with van der Waals surface area (Å²) in [6.45, 7) is 6.00. The molecule has 0 N–H and O–H groups in total. The van der Waals surface area contributed by atoms with Gasteiger partial charge in [0.25, 0.3) is 11.1 Å². The molecule has 0 amide bonds. The van der Waals surface area contributed by atoms with Crippen LogP contribution in [0, 0.1) is 12.3 Å². The van der Waals surface area contributed by atoms with E-state index in [1.807, 2.05) is 45.0 Å². The van der Waals surface area contributed by atoms with Crippen molar-refractivity contribution in [1.29, 1.82) is 0 Å². The molecule has 0 bridgehead atoms. The van der Waals surface area contributed by atoms with Crippen molar-refractivity contribution >= 4 is 38.8 Å². The van der Waals surface area contributed by atoms with Crippen LogP contribution in [0.1, 0.15) is 43.9 Å². The Morgan fingerprint density at radius 1 is 0.944 bits per heavy atom. The van der Waals surface area contributed by atoms with Crippen LogP contribution < -0.4 is 11.1 Å². The number of carbonyl (C=O) groups is 1. The summed E-state index contributed by atoms with van der Waals surface area (Å²) in [4.78, 5) is 41.5. The van der Waals surface area contributed by atoms with Gasteiger partial charge in [-0.2, -0.15) is 4.52 Å². The topological polar surface area (TPSA) is 104 Å². The first kappa shape index (κ1) is 20.9. The quantitative estimate of drug-likeness (QED) is 0.366. The minimum Gasteiger partial charge on any atom is -0.294 e. The monoisotopic (exact) mass is 478 g/mol. The van der Waals surface area contributed by atoms with Crippen molar-refractivity contribution < 1.29 is 4.79 Å². The highest BCUT2D eigenvalue weighted by atomic mass is 16.2. The maximum absolute atomic E-state index is 14.0. The van der Waals surface area contributed by atoms with Crippen molar-refractivity contribution in [3.05, 3.63) is 85.9 Å². The number of aryl methyl sites for hydroxylation is 1. The van der Waals surface area contributed by atoms with Gasteiger partial charge in [-0.05, 0) is 52.9 Å². The molecule has 1 aliphatic heterocycles. The number of hydrogen-bond acceptors (Lipinski definition) is 6. The molecular weight excluding hydrogens is 456 g/mol. The van der Waals surface area contributed by atoms with Gasteiger partial charge >= 0.3 is 0 Å². The van der Waals surface area contributed by atoms with Crippen LogP contribution in [0.4, 0.5) is 0 Å². The molecule has 1 unspecified atom stereocenters. The number of hydrogen-bond donors (Lipinski definition) is 0. The molecule has 0 saturated carbocycles. The number of pyridine rings is 1. The van der Waals surface area contributed by atoms with Gasteiger partial charge < -0.3 is 0 Å². The Balaban J connectivity index is 1.66. The average Bonchev–Trinajstić information content (AvgIpc) is 3.45. The first-order chi connectivity index (χ1) is 17.3. The van der Waals surface area contributed by atoms with Gasteiger partial charge in [0.1, 0.15) is 6.04 Å². The van der Waals surface area contributed by atoms with Gasteiger partial charge in [0.15, 0.2) is 11.4 Å². The Kier molecular flexibility index (Phi) is 3.98. The van der Waals surface area contributed by atoms with Crippen molar-refractivity contribution in [1.82, 2.24) is 29.4 Å². The Morgan fingerprint density at radius 2 is 1.69 bits per heavy atom. The molecule has 1 aliphatic carbocycles. The first-order valence-corrected chi connectivity index (χ1v) is 11.9. The zero-order valence-corrected chi connectivity index (χ0v) is 20.0. The van der Waals surface area contributed by atoms with Gasteiger partial charge in [-0.15, -0.1) is 5.10 Å². The van der Waals surface area contributed by atoms with Crippen molar-refractivity contribution in [3.8, 4) is 0 Å². The molecule has 0 fully saturated rings. The summed E-state index contributed by atoms with van der Waals surface area (Å²) in [6, 6.07) is 13.8. The molecular formula is C27H22N6O3. The van der Waals surface area contributed by atoms with Crippen LogP contribution in [0.15, 0.2) is 63.7 Å². The number of allylic oxidation sites excluding steroid dienone is 2. The Labute approximate surface area is 204 Å². The van der Waals surface area contributed by atoms with Gasteiger partial charge in [-0.1, -0.05) is 44.2 Å². The Bertz CT molecular complexity index is 1960. The second-order valence-corrected chi connectivity index (χ2v) is 10.5. The molecule has 4 heterocycles. The molecule has 0 spiro atoms. The van der Waals surface area contributed by atoms with E-state index >= 15 is 0 Å². The highest BCUT2D eigenvalue weighted by molar-refractivity contribution is 6.05. The molecule has 0 saturated heterocycles. The summed E-state index contributed by atoms with van der Waals surface area (Å²) in [5.74, 6) is -0.0692. The lowest BCUT2D eigenvalue weighted by atomic mass is 9.74. The zero-order chi connectivity index (χ0) is 24.9. The predicted molar refractivity (Wildman–Crippen MR) is 135 cm³/mol. The van der Waals surface area contributed by atoms with Crippen LogP contribution in [0.25, 0.3) is 33.0 Å². The number of carbonyl (C=O) groups excluding carboxylic acids is 1. The number of benzene rings is 2. The Hall–Kier alpha value is -4.40. The summed E-state index contributed by atoms with van der Waals surface area (Å²) in [7, 11) is 0. The lowest BCUT2D eigenvalue weighted by Crippen LogP contribution is -2.37. The molecule has 0 radical (unpaired) electrons. The number of nitrogens with zero attached hydrogens (tertiary/aromatic N) is 6. The molecule has 3 aromatic heterocycles. The minimum absolute atomic E-state index is 0.0692. The largest absolute Gasteiger partial charge is 0.294 e. The lowest BCUT2D eigenvalue weighted by molar-refractivity contribution is -0.118. The van der Waals surface area contributed by atoms with Crippen LogP contribution in [0.2, 0.25) is 0 Å². The number of rotatable bonds is 1. The van der Waals surface area contributed by atoms with Crippen molar-refractivity contribution in [3.63, 3.8) is 0 Å². The maximum Gasteiger partial charge on any atom is 0.277 e. The second-order valence-electron chi connectivity index (χ2n) is 10.5. The first-order valence-electron chi connectivity index (χ1n) is 11.9. The fourth-order valence-corrected chi connectivity index (χ4v) is 6.02. The summed E-state index contributed by atoms with van der Waals surface area (Å²) >= 11 is 0. The number of aromatic nitrogens is 6. The average molecular weight is 479 g/mol. The third kappa shape index (κ3) is 2.59.